The summed E-state index contributed by atoms with van der Waals surface area (Å²) in [6.45, 7) is 6.88. The van der Waals surface area contributed by atoms with Crippen LogP contribution in [0.4, 0.5) is 0 Å². The van der Waals surface area contributed by atoms with E-state index in [-0.39, 0.29) is 19.8 Å². The van der Waals surface area contributed by atoms with Crippen LogP contribution in [0, 0.1) is 0 Å². The molecule has 0 spiro atoms. The average Bonchev–Trinajstić information content (AvgIpc) is 2.94. The van der Waals surface area contributed by atoms with Gasteiger partial charge in [0.2, 0.25) is 0 Å². The molecule has 0 saturated carbocycles. The molecular weight excluding hydrogens is 504 g/mol. The number of ether oxygens (including phenoxy) is 9. The van der Waals surface area contributed by atoms with Crippen molar-refractivity contribution < 1.29 is 57.3 Å². The number of aliphatic hydroxyl groups excluding tert-OH is 1. The predicted octanol–water partition coefficient (Wildman–Crippen LogP) is 0.538. The van der Waals surface area contributed by atoms with Gasteiger partial charge in [-0.25, -0.2) is 4.79 Å². The van der Waals surface area contributed by atoms with Gasteiger partial charge < -0.3 is 47.7 Å². The molecule has 38 heavy (non-hydrogen) atoms. The van der Waals surface area contributed by atoms with Crippen molar-refractivity contribution >= 4 is 11.8 Å². The van der Waals surface area contributed by atoms with E-state index in [1.807, 2.05) is 0 Å². The highest BCUT2D eigenvalue weighted by Crippen LogP contribution is 2.01. The van der Waals surface area contributed by atoms with E-state index >= 15 is 0 Å². The van der Waals surface area contributed by atoms with Crippen LogP contribution in [0.1, 0.15) is 10.4 Å². The Kier molecular flexibility index (Phi) is 23.8. The van der Waals surface area contributed by atoms with E-state index < -0.39 is 11.8 Å². The second kappa shape index (κ2) is 26.6. The van der Waals surface area contributed by atoms with E-state index in [0.29, 0.717) is 105 Å². The van der Waals surface area contributed by atoms with Crippen LogP contribution in [0.2, 0.25) is 0 Å². The van der Waals surface area contributed by atoms with Gasteiger partial charge in [-0.15, -0.1) is 0 Å². The zero-order valence-electron chi connectivity index (χ0n) is 22.1. The Morgan fingerprint density at radius 1 is 0.474 bits per heavy atom. The van der Waals surface area contributed by atoms with E-state index in [4.69, 9.17) is 47.7 Å². The van der Waals surface area contributed by atoms with Crippen molar-refractivity contribution in [3.05, 3.63) is 35.9 Å². The number of ketones is 1. The lowest BCUT2D eigenvalue weighted by Crippen LogP contribution is -2.20. The van der Waals surface area contributed by atoms with Crippen molar-refractivity contribution in [2.45, 2.75) is 0 Å². The highest BCUT2D eigenvalue weighted by molar-refractivity contribution is 6.40. The van der Waals surface area contributed by atoms with Crippen LogP contribution in [-0.2, 0) is 47.4 Å². The van der Waals surface area contributed by atoms with Crippen molar-refractivity contribution in [1.29, 1.82) is 0 Å². The molecule has 0 aliphatic carbocycles. The molecule has 0 bridgehead atoms. The summed E-state index contributed by atoms with van der Waals surface area (Å²) in [6.07, 6.45) is 0. The Hall–Kier alpha value is -2.00. The Labute approximate surface area is 224 Å². The van der Waals surface area contributed by atoms with Crippen LogP contribution < -0.4 is 0 Å². The molecule has 1 aromatic rings. The summed E-state index contributed by atoms with van der Waals surface area (Å²) in [7, 11) is 0. The molecular formula is C26H42O12. The normalized spacial score (nSPS) is 11.1. The maximum Gasteiger partial charge on any atom is 0.379 e. The maximum atomic E-state index is 11.8. The summed E-state index contributed by atoms with van der Waals surface area (Å²) in [5.74, 6) is -1.57. The molecule has 0 radical (unpaired) electrons. The van der Waals surface area contributed by atoms with Gasteiger partial charge in [0.05, 0.1) is 112 Å². The van der Waals surface area contributed by atoms with Gasteiger partial charge in [0.15, 0.2) is 0 Å². The molecule has 0 fully saturated rings. The lowest BCUT2D eigenvalue weighted by atomic mass is 10.1. The summed E-state index contributed by atoms with van der Waals surface area (Å²) in [5.41, 5.74) is 0.296. The minimum absolute atomic E-state index is 0.000950. The van der Waals surface area contributed by atoms with E-state index in [1.165, 1.54) is 0 Å². The van der Waals surface area contributed by atoms with Gasteiger partial charge in [-0.05, 0) is 0 Å². The third-order valence-electron chi connectivity index (χ3n) is 4.52. The largest absolute Gasteiger partial charge is 0.457 e. The van der Waals surface area contributed by atoms with Gasteiger partial charge in [0, 0.05) is 5.56 Å². The standard InChI is InChI=1S/C26H42O12/c27-6-7-30-8-9-31-10-11-32-12-13-33-14-15-34-16-17-35-18-19-36-20-21-37-22-23-38-26(29)25(28)24-4-2-1-3-5-24/h1-5,27H,6-23H2. The van der Waals surface area contributed by atoms with Gasteiger partial charge in [-0.2, -0.15) is 0 Å². The predicted molar refractivity (Wildman–Crippen MR) is 135 cm³/mol. The molecule has 0 amide bonds. The monoisotopic (exact) mass is 546 g/mol. The highest BCUT2D eigenvalue weighted by atomic mass is 16.6. The molecule has 0 aliphatic rings. The number of carbonyl (C=O) groups is 2. The lowest BCUT2D eigenvalue weighted by Gasteiger charge is -2.08. The molecule has 0 aliphatic heterocycles. The van der Waals surface area contributed by atoms with Crippen LogP contribution in [0.15, 0.2) is 30.3 Å². The van der Waals surface area contributed by atoms with Gasteiger partial charge in [0.1, 0.15) is 6.61 Å². The summed E-state index contributed by atoms with van der Waals surface area (Å²) in [4.78, 5) is 23.5. The first-order valence-electron chi connectivity index (χ1n) is 12.7. The molecule has 0 heterocycles. The van der Waals surface area contributed by atoms with Crippen LogP contribution >= 0.6 is 0 Å². The Balaban J connectivity index is 1.71. The average molecular weight is 547 g/mol. The highest BCUT2D eigenvalue weighted by Gasteiger charge is 2.17. The first-order valence-corrected chi connectivity index (χ1v) is 12.7. The molecule has 0 aromatic heterocycles. The molecule has 218 valence electrons. The summed E-state index contributed by atoms with van der Waals surface area (Å²) in [5, 5.41) is 8.55. The molecule has 1 N–H and O–H groups in total. The van der Waals surface area contributed by atoms with E-state index in [9.17, 15) is 9.59 Å². The minimum Gasteiger partial charge on any atom is -0.457 e. The number of carbonyl (C=O) groups excluding carboxylic acids is 2. The fraction of sp³-hybridized carbons (Fsp3) is 0.692. The number of hydrogen-bond donors (Lipinski definition) is 1. The van der Waals surface area contributed by atoms with Crippen molar-refractivity contribution in [2.75, 3.05) is 119 Å². The van der Waals surface area contributed by atoms with Gasteiger partial charge in [-0.3, -0.25) is 4.79 Å². The molecule has 12 heteroatoms. The number of aliphatic hydroxyl groups is 1. The number of hydrogen-bond acceptors (Lipinski definition) is 12. The minimum atomic E-state index is -0.897. The fourth-order valence-corrected chi connectivity index (χ4v) is 2.67. The smallest absolute Gasteiger partial charge is 0.379 e. The number of Topliss-reactive ketones (excluding diaryl/α,β-unsaturated/α-hetero) is 1. The van der Waals surface area contributed by atoms with E-state index in [2.05, 4.69) is 0 Å². The van der Waals surface area contributed by atoms with Crippen LogP contribution in [0.25, 0.3) is 0 Å². The number of esters is 1. The van der Waals surface area contributed by atoms with Crippen molar-refractivity contribution in [1.82, 2.24) is 0 Å². The molecule has 1 rings (SSSR count). The van der Waals surface area contributed by atoms with E-state index in [1.54, 1.807) is 30.3 Å². The lowest BCUT2D eigenvalue weighted by molar-refractivity contribution is -0.139. The molecule has 0 atom stereocenters. The summed E-state index contributed by atoms with van der Waals surface area (Å²) >= 11 is 0. The second-order valence-electron chi connectivity index (χ2n) is 7.45. The zero-order valence-corrected chi connectivity index (χ0v) is 22.1. The number of rotatable bonds is 28. The molecule has 0 saturated heterocycles. The SMILES string of the molecule is O=C(OCCOCCOCCOCCOCCOCCOCCOCCOCCO)C(=O)c1ccccc1. The maximum absolute atomic E-state index is 11.8. The fourth-order valence-electron chi connectivity index (χ4n) is 2.67. The van der Waals surface area contributed by atoms with E-state index in [0.717, 1.165) is 0 Å². The molecule has 1 aromatic carbocycles. The third-order valence-corrected chi connectivity index (χ3v) is 4.52. The number of benzene rings is 1. The zero-order chi connectivity index (χ0) is 27.4. The summed E-state index contributed by atoms with van der Waals surface area (Å²) in [6, 6.07) is 8.25. The Bertz CT molecular complexity index is 673. The van der Waals surface area contributed by atoms with Gasteiger partial charge >= 0.3 is 5.97 Å². The third kappa shape index (κ3) is 21.0. The molecule has 12 nitrogen and oxygen atoms in total. The van der Waals surface area contributed by atoms with Gasteiger partial charge in [0.25, 0.3) is 5.78 Å². The Morgan fingerprint density at radius 2 is 0.789 bits per heavy atom. The van der Waals surface area contributed by atoms with Gasteiger partial charge in [-0.1, -0.05) is 30.3 Å². The van der Waals surface area contributed by atoms with Crippen molar-refractivity contribution in [3.63, 3.8) is 0 Å². The van der Waals surface area contributed by atoms with Crippen LogP contribution in [0.3, 0.4) is 0 Å². The van der Waals surface area contributed by atoms with Crippen molar-refractivity contribution in [3.8, 4) is 0 Å². The Morgan fingerprint density at radius 3 is 1.13 bits per heavy atom. The van der Waals surface area contributed by atoms with Crippen LogP contribution in [-0.4, -0.2) is 136 Å². The van der Waals surface area contributed by atoms with Crippen LogP contribution in [0.5, 0.6) is 0 Å². The topological polar surface area (TPSA) is 137 Å². The first-order chi connectivity index (χ1) is 18.8. The molecule has 0 unspecified atom stereocenters. The van der Waals surface area contributed by atoms with Crippen molar-refractivity contribution in [2.24, 2.45) is 0 Å². The first kappa shape index (κ1) is 34.0. The second-order valence-corrected chi connectivity index (χ2v) is 7.45. The summed E-state index contributed by atoms with van der Waals surface area (Å²) < 4.78 is 47.6. The quantitative estimate of drug-likeness (QED) is 0.0679.